The van der Waals surface area contributed by atoms with Crippen molar-refractivity contribution in [2.45, 2.75) is 51.0 Å². The van der Waals surface area contributed by atoms with E-state index in [4.69, 9.17) is 0 Å². The monoisotopic (exact) mass is 288 g/mol. The van der Waals surface area contributed by atoms with E-state index in [-0.39, 0.29) is 0 Å². The molecule has 2 saturated heterocycles. The van der Waals surface area contributed by atoms with E-state index >= 15 is 0 Å². The third kappa shape index (κ3) is 1.99. The first kappa shape index (κ1) is 12.9. The Balaban J connectivity index is 1.33. The van der Waals surface area contributed by atoms with Crippen LogP contribution in [0.3, 0.4) is 0 Å². The molecular formula is C18H28N2O. The van der Waals surface area contributed by atoms with Crippen molar-refractivity contribution >= 4 is 5.91 Å². The average molecular weight is 288 g/mol. The maximum Gasteiger partial charge on any atom is 0.226 e. The summed E-state index contributed by atoms with van der Waals surface area (Å²) in [7, 11) is 0. The lowest BCUT2D eigenvalue weighted by atomic mass is 9.51. The zero-order chi connectivity index (χ0) is 14.0. The van der Waals surface area contributed by atoms with Crippen LogP contribution in [0.25, 0.3) is 0 Å². The normalized spacial score (nSPS) is 51.2. The molecule has 4 saturated carbocycles. The Morgan fingerprint density at radius 2 is 1.62 bits per heavy atom. The quantitative estimate of drug-likeness (QED) is 0.803. The topological polar surface area (TPSA) is 32.3 Å². The molecule has 6 fully saturated rings. The lowest BCUT2D eigenvalue weighted by Gasteiger charge is -2.54. The lowest BCUT2D eigenvalue weighted by molar-refractivity contribution is -0.148. The van der Waals surface area contributed by atoms with E-state index in [9.17, 15) is 4.79 Å². The number of carbonyl (C=O) groups is 1. The molecule has 4 bridgehead atoms. The van der Waals surface area contributed by atoms with Crippen LogP contribution < -0.4 is 5.32 Å². The minimum atomic E-state index is 0.401. The molecule has 21 heavy (non-hydrogen) atoms. The zero-order valence-electron chi connectivity index (χ0n) is 13.0. The van der Waals surface area contributed by atoms with Gasteiger partial charge in [0.25, 0.3) is 0 Å². The number of rotatable bonds is 1. The van der Waals surface area contributed by atoms with Crippen molar-refractivity contribution in [1.82, 2.24) is 10.2 Å². The van der Waals surface area contributed by atoms with Gasteiger partial charge in [-0.1, -0.05) is 0 Å². The Hall–Kier alpha value is -0.570. The molecule has 0 aromatic carbocycles. The van der Waals surface area contributed by atoms with Crippen molar-refractivity contribution in [1.29, 1.82) is 0 Å². The van der Waals surface area contributed by atoms with Gasteiger partial charge in [-0.3, -0.25) is 4.79 Å². The fraction of sp³-hybridized carbons (Fsp3) is 0.944. The van der Waals surface area contributed by atoms with Crippen LogP contribution in [-0.2, 0) is 4.79 Å². The van der Waals surface area contributed by atoms with Gasteiger partial charge in [0.2, 0.25) is 5.91 Å². The molecule has 0 aromatic rings. The van der Waals surface area contributed by atoms with Gasteiger partial charge < -0.3 is 10.2 Å². The Morgan fingerprint density at radius 1 is 0.905 bits per heavy atom. The standard InChI is InChI=1S/C18H28N2O/c21-18(20-9-13-2-1-3-19-16(13)10-20)17-14-5-11-4-12(7-14)8-15(17)6-11/h11-17,19H,1-10H2/t11?,12?,13-,14?,15?,16+,17?/m0/s1. The molecule has 116 valence electrons. The van der Waals surface area contributed by atoms with E-state index in [2.05, 4.69) is 10.2 Å². The van der Waals surface area contributed by atoms with Gasteiger partial charge in [0.1, 0.15) is 0 Å². The van der Waals surface area contributed by atoms with E-state index in [0.717, 1.165) is 49.2 Å². The molecule has 1 N–H and O–H groups in total. The van der Waals surface area contributed by atoms with Crippen LogP contribution in [0.2, 0.25) is 0 Å². The Labute approximate surface area is 127 Å². The molecule has 0 spiro atoms. The van der Waals surface area contributed by atoms with Gasteiger partial charge in [-0.05, 0) is 81.1 Å². The minimum Gasteiger partial charge on any atom is -0.341 e. The van der Waals surface area contributed by atoms with Gasteiger partial charge in [-0.15, -0.1) is 0 Å². The Morgan fingerprint density at radius 3 is 2.29 bits per heavy atom. The van der Waals surface area contributed by atoms with Gasteiger partial charge in [0.15, 0.2) is 0 Å². The van der Waals surface area contributed by atoms with Crippen molar-refractivity contribution in [2.75, 3.05) is 19.6 Å². The smallest absolute Gasteiger partial charge is 0.226 e. The summed E-state index contributed by atoms with van der Waals surface area (Å²) in [5.41, 5.74) is 0. The third-order valence-electron chi connectivity index (χ3n) is 7.42. The molecule has 3 heteroatoms. The second-order valence-corrected chi connectivity index (χ2v) is 8.66. The van der Waals surface area contributed by atoms with Crippen LogP contribution in [0, 0.1) is 35.5 Å². The Bertz CT molecular complexity index is 406. The fourth-order valence-electron chi connectivity index (χ4n) is 6.77. The summed E-state index contributed by atoms with van der Waals surface area (Å²) in [4.78, 5) is 15.4. The van der Waals surface area contributed by atoms with E-state index in [1.165, 1.54) is 44.9 Å². The van der Waals surface area contributed by atoms with E-state index in [1.807, 2.05) is 0 Å². The van der Waals surface area contributed by atoms with Crippen molar-refractivity contribution in [3.63, 3.8) is 0 Å². The van der Waals surface area contributed by atoms with Crippen molar-refractivity contribution in [3.05, 3.63) is 0 Å². The number of carbonyl (C=O) groups excluding carboxylic acids is 1. The number of fused-ring (bicyclic) bond motifs is 1. The summed E-state index contributed by atoms with van der Waals surface area (Å²) in [6, 6.07) is 0.597. The number of nitrogens with one attached hydrogen (secondary N) is 1. The first-order valence-corrected chi connectivity index (χ1v) is 9.30. The molecule has 6 aliphatic rings. The molecular weight excluding hydrogens is 260 g/mol. The number of piperidine rings is 1. The number of hydrogen-bond acceptors (Lipinski definition) is 2. The van der Waals surface area contributed by atoms with E-state index in [0.29, 0.717) is 17.9 Å². The third-order valence-corrected chi connectivity index (χ3v) is 7.42. The fourth-order valence-corrected chi connectivity index (χ4v) is 6.77. The molecule has 1 amide bonds. The summed E-state index contributed by atoms with van der Waals surface area (Å²) in [5, 5.41) is 3.64. The summed E-state index contributed by atoms with van der Waals surface area (Å²) < 4.78 is 0. The first-order chi connectivity index (χ1) is 10.3. The summed E-state index contributed by atoms with van der Waals surface area (Å²) in [6.07, 6.45) is 9.55. The highest BCUT2D eigenvalue weighted by atomic mass is 16.2. The SMILES string of the molecule is O=C(C1C2CC3CC(C2)CC1C3)N1C[C@@H]2CCCN[C@@H]2C1. The second kappa shape index (κ2) is 4.71. The van der Waals surface area contributed by atoms with Crippen LogP contribution in [0.4, 0.5) is 0 Å². The van der Waals surface area contributed by atoms with Crippen LogP contribution >= 0.6 is 0 Å². The zero-order valence-corrected chi connectivity index (χ0v) is 13.0. The summed E-state index contributed by atoms with van der Waals surface area (Å²) >= 11 is 0. The van der Waals surface area contributed by atoms with E-state index in [1.54, 1.807) is 0 Å². The Kier molecular flexibility index (Phi) is 2.90. The number of nitrogens with zero attached hydrogens (tertiary/aromatic N) is 1. The molecule has 3 nitrogen and oxygen atoms in total. The molecule has 0 unspecified atom stereocenters. The van der Waals surface area contributed by atoms with Crippen LogP contribution in [0.15, 0.2) is 0 Å². The van der Waals surface area contributed by atoms with Gasteiger partial charge in [-0.25, -0.2) is 0 Å². The summed E-state index contributed by atoms with van der Waals surface area (Å²) in [6.45, 7) is 3.19. The molecule has 4 aliphatic carbocycles. The van der Waals surface area contributed by atoms with Crippen LogP contribution in [0.5, 0.6) is 0 Å². The van der Waals surface area contributed by atoms with Gasteiger partial charge >= 0.3 is 0 Å². The number of likely N-dealkylation sites (tertiary alicyclic amines) is 1. The molecule has 2 heterocycles. The van der Waals surface area contributed by atoms with Crippen molar-refractivity contribution < 1.29 is 4.79 Å². The van der Waals surface area contributed by atoms with Crippen molar-refractivity contribution in [2.24, 2.45) is 35.5 Å². The second-order valence-electron chi connectivity index (χ2n) is 8.66. The molecule has 2 atom stereocenters. The van der Waals surface area contributed by atoms with E-state index < -0.39 is 0 Å². The molecule has 2 aliphatic heterocycles. The molecule has 6 rings (SSSR count). The van der Waals surface area contributed by atoms with Gasteiger partial charge in [-0.2, -0.15) is 0 Å². The van der Waals surface area contributed by atoms with Crippen LogP contribution in [0.1, 0.15) is 44.9 Å². The highest BCUT2D eigenvalue weighted by molar-refractivity contribution is 5.80. The first-order valence-electron chi connectivity index (χ1n) is 9.30. The number of amides is 1. The number of hydrogen-bond donors (Lipinski definition) is 1. The highest BCUT2D eigenvalue weighted by Crippen LogP contribution is 2.57. The van der Waals surface area contributed by atoms with Crippen molar-refractivity contribution in [3.8, 4) is 0 Å². The minimum absolute atomic E-state index is 0.401. The predicted molar refractivity (Wildman–Crippen MR) is 81.6 cm³/mol. The maximum atomic E-state index is 13.2. The molecule has 0 aromatic heterocycles. The highest BCUT2D eigenvalue weighted by Gasteiger charge is 2.52. The molecule has 0 radical (unpaired) electrons. The summed E-state index contributed by atoms with van der Waals surface area (Å²) in [5.74, 6) is 5.10. The van der Waals surface area contributed by atoms with Gasteiger partial charge in [0, 0.05) is 25.0 Å². The van der Waals surface area contributed by atoms with Gasteiger partial charge in [0.05, 0.1) is 0 Å². The predicted octanol–water partition coefficient (Wildman–Crippen LogP) is 2.27. The largest absolute Gasteiger partial charge is 0.341 e. The lowest BCUT2D eigenvalue weighted by Crippen LogP contribution is -2.51. The average Bonchev–Trinajstić information content (AvgIpc) is 2.89. The maximum absolute atomic E-state index is 13.2. The van der Waals surface area contributed by atoms with Crippen LogP contribution in [-0.4, -0.2) is 36.5 Å².